The lowest BCUT2D eigenvalue weighted by molar-refractivity contribution is -0.384. The summed E-state index contributed by atoms with van der Waals surface area (Å²) in [5.41, 5.74) is 2.00. The Labute approximate surface area is 190 Å². The molecule has 3 aromatic heterocycles. The number of thioether (sulfide) groups is 1. The second-order valence-corrected chi connectivity index (χ2v) is 9.02. The summed E-state index contributed by atoms with van der Waals surface area (Å²) in [6, 6.07) is 8.03. The van der Waals surface area contributed by atoms with Crippen LogP contribution in [0.5, 0.6) is 0 Å². The predicted octanol–water partition coefficient (Wildman–Crippen LogP) is 4.53. The molecule has 1 aromatic carbocycles. The zero-order valence-electron chi connectivity index (χ0n) is 17.3. The number of hydrogen-bond acceptors (Lipinski definition) is 9. The number of nitrogens with zero attached hydrogens (tertiary/aromatic N) is 5. The summed E-state index contributed by atoms with van der Waals surface area (Å²) in [4.78, 5) is 27.6. The molecular weight excluding hydrogens is 452 g/mol. The van der Waals surface area contributed by atoms with Crippen molar-refractivity contribution < 1.29 is 14.1 Å². The Balaban J connectivity index is 1.43. The Kier molecular flexibility index (Phi) is 6.06. The topological polar surface area (TPSA) is 129 Å². The molecule has 1 N–H and O–H groups in total. The van der Waals surface area contributed by atoms with E-state index in [0.717, 1.165) is 11.3 Å². The van der Waals surface area contributed by atoms with E-state index >= 15 is 0 Å². The molecule has 0 bridgehead atoms. The van der Waals surface area contributed by atoms with Gasteiger partial charge < -0.3 is 14.3 Å². The maximum absolute atomic E-state index is 12.7. The van der Waals surface area contributed by atoms with Gasteiger partial charge in [-0.3, -0.25) is 14.9 Å². The van der Waals surface area contributed by atoms with E-state index in [9.17, 15) is 14.9 Å². The minimum Gasteiger partial charge on any atom is -0.469 e. The fraction of sp³-hybridized carbons (Fsp3) is 0.200. The van der Waals surface area contributed by atoms with Crippen molar-refractivity contribution in [3.8, 4) is 22.6 Å². The van der Waals surface area contributed by atoms with Crippen molar-refractivity contribution in [2.75, 3.05) is 5.32 Å². The first-order valence-electron chi connectivity index (χ1n) is 9.45. The molecule has 164 valence electrons. The monoisotopic (exact) mass is 470 g/mol. The molecule has 0 aliphatic rings. The van der Waals surface area contributed by atoms with Crippen LogP contribution >= 0.6 is 23.1 Å². The number of nitro benzene ring substituents is 1. The molecule has 1 unspecified atom stereocenters. The summed E-state index contributed by atoms with van der Waals surface area (Å²) in [5.74, 6) is 1.16. The molecule has 1 amide bonds. The van der Waals surface area contributed by atoms with Crippen LogP contribution in [0.15, 0.2) is 51.5 Å². The molecule has 12 heteroatoms. The molecule has 0 aliphatic carbocycles. The molecule has 4 rings (SSSR count). The van der Waals surface area contributed by atoms with E-state index in [4.69, 9.17) is 4.42 Å². The number of amides is 1. The molecule has 32 heavy (non-hydrogen) atoms. The summed E-state index contributed by atoms with van der Waals surface area (Å²) in [7, 11) is 1.83. The van der Waals surface area contributed by atoms with Crippen LogP contribution in [0.1, 0.15) is 12.7 Å². The third-order valence-electron chi connectivity index (χ3n) is 4.67. The minimum atomic E-state index is -0.457. The number of carbonyl (C=O) groups excluding carboxylic acids is 1. The van der Waals surface area contributed by atoms with E-state index in [-0.39, 0.29) is 11.6 Å². The van der Waals surface area contributed by atoms with Crippen molar-refractivity contribution >= 4 is 39.8 Å². The Morgan fingerprint density at radius 3 is 2.88 bits per heavy atom. The molecule has 4 aromatic rings. The standard InChI is InChI=1S/C20H18N6O4S2/c1-11-15(7-8-30-11)17-23-24-20(25(17)3)32-12(2)18(27)22-19-21-16(10-31-19)13-5-4-6-14(9-13)26(28)29/h4-10,12H,1-3H3,(H,21,22,27). The third kappa shape index (κ3) is 4.41. The van der Waals surface area contributed by atoms with Gasteiger partial charge in [-0.25, -0.2) is 4.98 Å². The average molecular weight is 471 g/mol. The van der Waals surface area contributed by atoms with Crippen molar-refractivity contribution in [2.24, 2.45) is 7.05 Å². The van der Waals surface area contributed by atoms with Gasteiger partial charge in [-0.2, -0.15) is 0 Å². The van der Waals surface area contributed by atoms with Crippen molar-refractivity contribution in [3.05, 3.63) is 57.8 Å². The van der Waals surface area contributed by atoms with Crippen LogP contribution in [0, 0.1) is 17.0 Å². The molecule has 10 nitrogen and oxygen atoms in total. The molecule has 0 radical (unpaired) electrons. The van der Waals surface area contributed by atoms with Crippen molar-refractivity contribution in [1.82, 2.24) is 19.7 Å². The van der Waals surface area contributed by atoms with Crippen LogP contribution in [0.2, 0.25) is 0 Å². The van der Waals surface area contributed by atoms with Crippen LogP contribution in [0.4, 0.5) is 10.8 Å². The lowest BCUT2D eigenvalue weighted by Gasteiger charge is -2.10. The van der Waals surface area contributed by atoms with E-state index in [0.29, 0.717) is 27.4 Å². The summed E-state index contributed by atoms with van der Waals surface area (Å²) in [5, 5.41) is 24.5. The van der Waals surface area contributed by atoms with Crippen molar-refractivity contribution in [3.63, 3.8) is 0 Å². The summed E-state index contributed by atoms with van der Waals surface area (Å²) < 4.78 is 7.15. The van der Waals surface area contributed by atoms with Crippen LogP contribution in [-0.2, 0) is 11.8 Å². The molecular formula is C20H18N6O4S2. The fourth-order valence-electron chi connectivity index (χ4n) is 2.93. The molecule has 1 atom stereocenters. The maximum atomic E-state index is 12.7. The molecule has 0 spiro atoms. The quantitative estimate of drug-likeness (QED) is 0.237. The number of aryl methyl sites for hydroxylation is 1. The van der Waals surface area contributed by atoms with Gasteiger partial charge in [0, 0.05) is 30.1 Å². The van der Waals surface area contributed by atoms with Gasteiger partial charge in [0.15, 0.2) is 16.1 Å². The fourth-order valence-corrected chi connectivity index (χ4v) is 4.47. The van der Waals surface area contributed by atoms with E-state index in [1.54, 1.807) is 30.7 Å². The molecule has 3 heterocycles. The summed E-state index contributed by atoms with van der Waals surface area (Å²) in [6.45, 7) is 3.62. The molecule has 0 fully saturated rings. The summed E-state index contributed by atoms with van der Waals surface area (Å²) in [6.07, 6.45) is 1.60. The lowest BCUT2D eigenvalue weighted by Crippen LogP contribution is -2.22. The lowest BCUT2D eigenvalue weighted by atomic mass is 10.1. The smallest absolute Gasteiger partial charge is 0.270 e. The van der Waals surface area contributed by atoms with Gasteiger partial charge in [0.05, 0.1) is 27.7 Å². The second-order valence-electron chi connectivity index (χ2n) is 6.85. The number of furan rings is 1. The first-order valence-corrected chi connectivity index (χ1v) is 11.2. The maximum Gasteiger partial charge on any atom is 0.270 e. The zero-order valence-corrected chi connectivity index (χ0v) is 18.9. The number of aromatic nitrogens is 4. The number of nitro groups is 1. The van der Waals surface area contributed by atoms with E-state index < -0.39 is 10.2 Å². The van der Waals surface area contributed by atoms with E-state index in [1.807, 2.05) is 24.6 Å². The molecule has 0 aliphatic heterocycles. The van der Waals surface area contributed by atoms with Gasteiger partial charge in [0.2, 0.25) is 5.91 Å². The predicted molar refractivity (Wildman–Crippen MR) is 122 cm³/mol. The number of anilines is 1. The number of benzene rings is 1. The van der Waals surface area contributed by atoms with Gasteiger partial charge in [-0.05, 0) is 19.9 Å². The van der Waals surface area contributed by atoms with Crippen LogP contribution in [0.3, 0.4) is 0 Å². The number of rotatable bonds is 7. The first-order chi connectivity index (χ1) is 15.3. The Morgan fingerprint density at radius 2 is 2.16 bits per heavy atom. The van der Waals surface area contributed by atoms with Crippen LogP contribution in [0.25, 0.3) is 22.6 Å². The van der Waals surface area contributed by atoms with Gasteiger partial charge in [0.25, 0.3) is 5.69 Å². The molecule has 0 saturated heterocycles. The van der Waals surface area contributed by atoms with Crippen LogP contribution < -0.4 is 5.32 Å². The normalized spacial score (nSPS) is 12.0. The van der Waals surface area contributed by atoms with Crippen molar-refractivity contribution in [1.29, 1.82) is 0 Å². The highest BCUT2D eigenvalue weighted by Gasteiger charge is 2.21. The number of thiazole rings is 1. The Hall–Kier alpha value is -3.51. The third-order valence-corrected chi connectivity index (χ3v) is 6.56. The highest BCUT2D eigenvalue weighted by Crippen LogP contribution is 2.30. The number of hydrogen-bond donors (Lipinski definition) is 1. The van der Waals surface area contributed by atoms with E-state index in [1.165, 1.54) is 35.2 Å². The van der Waals surface area contributed by atoms with Gasteiger partial charge in [-0.15, -0.1) is 21.5 Å². The van der Waals surface area contributed by atoms with Crippen molar-refractivity contribution in [2.45, 2.75) is 24.3 Å². The number of nitrogens with one attached hydrogen (secondary N) is 1. The Morgan fingerprint density at radius 1 is 1.34 bits per heavy atom. The largest absolute Gasteiger partial charge is 0.469 e. The highest BCUT2D eigenvalue weighted by molar-refractivity contribution is 8.00. The van der Waals surface area contributed by atoms with E-state index in [2.05, 4.69) is 20.5 Å². The second kappa shape index (κ2) is 8.93. The van der Waals surface area contributed by atoms with Gasteiger partial charge in [0.1, 0.15) is 5.76 Å². The number of carbonyl (C=O) groups is 1. The SMILES string of the molecule is Cc1occc1-c1nnc(SC(C)C(=O)Nc2nc(-c3cccc([N+](=O)[O-])c3)cs2)n1C. The average Bonchev–Trinajstić information content (AvgIpc) is 3.49. The number of non-ortho nitro benzene ring substituents is 1. The van der Waals surface area contributed by atoms with Gasteiger partial charge in [-0.1, -0.05) is 23.9 Å². The van der Waals surface area contributed by atoms with Gasteiger partial charge >= 0.3 is 0 Å². The zero-order chi connectivity index (χ0) is 22.8. The summed E-state index contributed by atoms with van der Waals surface area (Å²) >= 11 is 2.53. The first kappa shape index (κ1) is 21.7. The minimum absolute atomic E-state index is 0.0141. The van der Waals surface area contributed by atoms with Crippen LogP contribution in [-0.4, -0.2) is 35.8 Å². The Bertz CT molecular complexity index is 1290. The highest BCUT2D eigenvalue weighted by atomic mass is 32.2. The molecule has 0 saturated carbocycles.